The molecule has 0 aliphatic heterocycles. The normalized spacial score (nSPS) is 10.6. The van der Waals surface area contributed by atoms with Crippen molar-refractivity contribution in [3.8, 4) is 5.69 Å². The lowest BCUT2D eigenvalue weighted by Crippen LogP contribution is -2.13. The van der Waals surface area contributed by atoms with Gasteiger partial charge in [0.2, 0.25) is 5.78 Å². The lowest BCUT2D eigenvalue weighted by molar-refractivity contribution is 0.0476. The Kier molecular flexibility index (Phi) is 4.78. The lowest BCUT2D eigenvalue weighted by atomic mass is 10.2. The number of carbonyl (C=O) groups excluding carboxylic acids is 2. The van der Waals surface area contributed by atoms with Gasteiger partial charge in [0.05, 0.1) is 20.5 Å². The minimum absolute atomic E-state index is 0.274. The Morgan fingerprint density at radius 3 is 2.50 bits per heavy atom. The van der Waals surface area contributed by atoms with Crippen LogP contribution in [0.1, 0.15) is 25.7 Å². The molecule has 24 heavy (non-hydrogen) atoms. The molecule has 0 bridgehead atoms. The third kappa shape index (κ3) is 3.55. The van der Waals surface area contributed by atoms with Gasteiger partial charge in [-0.3, -0.25) is 4.79 Å². The Bertz CT molecular complexity index is 883. The zero-order valence-electron chi connectivity index (χ0n) is 12.7. The van der Waals surface area contributed by atoms with E-state index in [1.165, 1.54) is 0 Å². The number of hydrogen-bond acceptors (Lipinski definition) is 5. The van der Waals surface area contributed by atoms with Gasteiger partial charge in [-0.25, -0.2) is 9.48 Å². The number of aromatic nitrogens is 2. The standard InChI is InChI=1S/C17H13ClN2O3S/c1-11-8-9-19-20(11)13-4-2-12(3-5-13)17(22)23-10-14(21)15-6-7-16(18)24-15/h2-9H,10H2,1H3. The maximum Gasteiger partial charge on any atom is 0.338 e. The van der Waals surface area contributed by atoms with E-state index < -0.39 is 5.97 Å². The van der Waals surface area contributed by atoms with Crippen LogP contribution in [0.4, 0.5) is 0 Å². The van der Waals surface area contributed by atoms with E-state index in [4.69, 9.17) is 16.3 Å². The van der Waals surface area contributed by atoms with Crippen LogP contribution in [-0.2, 0) is 4.74 Å². The van der Waals surface area contributed by atoms with Crippen LogP contribution in [0, 0.1) is 6.92 Å². The van der Waals surface area contributed by atoms with Gasteiger partial charge in [-0.2, -0.15) is 5.10 Å². The molecule has 0 aliphatic carbocycles. The molecule has 0 saturated heterocycles. The number of esters is 1. The monoisotopic (exact) mass is 360 g/mol. The number of benzene rings is 1. The summed E-state index contributed by atoms with van der Waals surface area (Å²) in [6.45, 7) is 1.63. The second-order valence-electron chi connectivity index (χ2n) is 5.03. The number of Topliss-reactive ketones (excluding diaryl/α,β-unsaturated/α-hetero) is 1. The first-order chi connectivity index (χ1) is 11.5. The predicted octanol–water partition coefficient (Wildman–Crippen LogP) is 3.94. The largest absolute Gasteiger partial charge is 0.454 e. The first kappa shape index (κ1) is 16.4. The zero-order chi connectivity index (χ0) is 17.1. The fourth-order valence-corrected chi connectivity index (χ4v) is 3.10. The van der Waals surface area contributed by atoms with Gasteiger partial charge < -0.3 is 4.74 Å². The summed E-state index contributed by atoms with van der Waals surface area (Å²) in [5.41, 5.74) is 2.21. The fraction of sp³-hybridized carbons (Fsp3) is 0.118. The summed E-state index contributed by atoms with van der Waals surface area (Å²) < 4.78 is 7.35. The number of ketones is 1. The number of rotatable bonds is 5. The Morgan fingerprint density at radius 1 is 1.17 bits per heavy atom. The molecule has 2 aromatic heterocycles. The topological polar surface area (TPSA) is 61.2 Å². The zero-order valence-corrected chi connectivity index (χ0v) is 14.3. The van der Waals surface area contributed by atoms with Crippen LogP contribution in [-0.4, -0.2) is 28.1 Å². The van der Waals surface area contributed by atoms with Gasteiger partial charge in [-0.05, 0) is 49.4 Å². The highest BCUT2D eigenvalue weighted by molar-refractivity contribution is 7.18. The molecule has 7 heteroatoms. The summed E-state index contributed by atoms with van der Waals surface area (Å²) in [4.78, 5) is 24.4. The Morgan fingerprint density at radius 2 is 1.92 bits per heavy atom. The maximum absolute atomic E-state index is 12.0. The van der Waals surface area contributed by atoms with Crippen LogP contribution in [0.25, 0.3) is 5.69 Å². The molecule has 5 nitrogen and oxygen atoms in total. The Balaban J connectivity index is 1.63. The summed E-state index contributed by atoms with van der Waals surface area (Å²) in [5.74, 6) is -0.821. The van der Waals surface area contributed by atoms with E-state index >= 15 is 0 Å². The van der Waals surface area contributed by atoms with Crippen molar-refractivity contribution in [3.63, 3.8) is 0 Å². The molecule has 0 fully saturated rings. The van der Waals surface area contributed by atoms with Crippen LogP contribution in [0.3, 0.4) is 0 Å². The number of thiophene rings is 1. The Labute approximate surface area is 147 Å². The number of nitrogens with zero attached hydrogens (tertiary/aromatic N) is 2. The van der Waals surface area contributed by atoms with Gasteiger partial charge in [-0.15, -0.1) is 11.3 Å². The van der Waals surface area contributed by atoms with E-state index in [0.717, 1.165) is 22.7 Å². The van der Waals surface area contributed by atoms with Crippen LogP contribution in [0.15, 0.2) is 48.7 Å². The third-order valence-corrected chi connectivity index (χ3v) is 4.63. The summed E-state index contributed by atoms with van der Waals surface area (Å²) in [6.07, 6.45) is 1.71. The number of halogens is 1. The number of ether oxygens (including phenoxy) is 1. The highest BCUT2D eigenvalue weighted by atomic mass is 35.5. The van der Waals surface area contributed by atoms with Crippen molar-refractivity contribution in [1.82, 2.24) is 9.78 Å². The van der Waals surface area contributed by atoms with Crippen LogP contribution < -0.4 is 0 Å². The quantitative estimate of drug-likeness (QED) is 0.511. The first-order valence-corrected chi connectivity index (χ1v) is 8.31. The molecule has 0 aliphatic rings. The predicted molar refractivity (Wildman–Crippen MR) is 92.2 cm³/mol. The van der Waals surface area contributed by atoms with E-state index in [-0.39, 0.29) is 12.4 Å². The van der Waals surface area contributed by atoms with Gasteiger partial charge in [-0.1, -0.05) is 11.6 Å². The highest BCUT2D eigenvalue weighted by Crippen LogP contribution is 2.22. The van der Waals surface area contributed by atoms with Gasteiger partial charge in [0, 0.05) is 11.9 Å². The minimum Gasteiger partial charge on any atom is -0.454 e. The third-order valence-electron chi connectivity index (χ3n) is 3.36. The number of aryl methyl sites for hydroxylation is 1. The van der Waals surface area contributed by atoms with E-state index in [1.54, 1.807) is 47.3 Å². The molecule has 0 spiro atoms. The average molecular weight is 361 g/mol. The highest BCUT2D eigenvalue weighted by Gasteiger charge is 2.13. The van der Waals surface area contributed by atoms with Crippen molar-refractivity contribution in [1.29, 1.82) is 0 Å². The van der Waals surface area contributed by atoms with E-state index in [0.29, 0.717) is 14.8 Å². The Hall–Kier alpha value is -2.44. The molecule has 0 radical (unpaired) electrons. The summed E-state index contributed by atoms with van der Waals surface area (Å²) >= 11 is 6.94. The second-order valence-corrected chi connectivity index (χ2v) is 6.75. The van der Waals surface area contributed by atoms with Crippen molar-refractivity contribution in [3.05, 3.63) is 69.1 Å². The first-order valence-electron chi connectivity index (χ1n) is 7.11. The molecule has 0 amide bonds. The molecular weight excluding hydrogens is 348 g/mol. The van der Waals surface area contributed by atoms with Crippen molar-refractivity contribution in [2.45, 2.75) is 6.92 Å². The molecule has 0 atom stereocenters. The SMILES string of the molecule is Cc1ccnn1-c1ccc(C(=O)OCC(=O)c2ccc(Cl)s2)cc1. The number of hydrogen-bond donors (Lipinski definition) is 0. The fourth-order valence-electron chi connectivity index (χ4n) is 2.13. The molecule has 3 aromatic rings. The van der Waals surface area contributed by atoms with Gasteiger partial charge in [0.25, 0.3) is 0 Å². The molecule has 2 heterocycles. The molecule has 122 valence electrons. The molecule has 0 unspecified atom stereocenters. The molecule has 1 aromatic carbocycles. The smallest absolute Gasteiger partial charge is 0.338 e. The van der Waals surface area contributed by atoms with Gasteiger partial charge in [0.1, 0.15) is 0 Å². The van der Waals surface area contributed by atoms with E-state index in [2.05, 4.69) is 5.10 Å². The van der Waals surface area contributed by atoms with Crippen LogP contribution in [0.5, 0.6) is 0 Å². The average Bonchev–Trinajstić information content (AvgIpc) is 3.21. The number of carbonyl (C=O) groups is 2. The lowest BCUT2D eigenvalue weighted by Gasteiger charge is -2.06. The van der Waals surface area contributed by atoms with Gasteiger partial charge >= 0.3 is 5.97 Å². The molecular formula is C17H13ClN2O3S. The second kappa shape index (κ2) is 6.98. The van der Waals surface area contributed by atoms with Crippen molar-refractivity contribution in [2.75, 3.05) is 6.61 Å². The van der Waals surface area contributed by atoms with Crippen molar-refractivity contribution in [2.24, 2.45) is 0 Å². The van der Waals surface area contributed by atoms with E-state index in [1.807, 2.05) is 13.0 Å². The maximum atomic E-state index is 12.0. The summed E-state index contributed by atoms with van der Waals surface area (Å²) in [5, 5.41) is 4.20. The molecule has 3 rings (SSSR count). The van der Waals surface area contributed by atoms with E-state index in [9.17, 15) is 9.59 Å². The van der Waals surface area contributed by atoms with Crippen LogP contribution >= 0.6 is 22.9 Å². The summed E-state index contributed by atoms with van der Waals surface area (Å²) in [7, 11) is 0. The van der Waals surface area contributed by atoms with Crippen molar-refractivity contribution < 1.29 is 14.3 Å². The van der Waals surface area contributed by atoms with Gasteiger partial charge in [0.15, 0.2) is 6.61 Å². The molecule has 0 saturated carbocycles. The molecule has 0 N–H and O–H groups in total. The van der Waals surface area contributed by atoms with Crippen LogP contribution in [0.2, 0.25) is 4.34 Å². The summed E-state index contributed by atoms with van der Waals surface area (Å²) in [6, 6.07) is 12.0. The minimum atomic E-state index is -0.547. The van der Waals surface area contributed by atoms with Crippen molar-refractivity contribution >= 4 is 34.7 Å².